The first kappa shape index (κ1) is 15.3. The second-order valence-corrected chi connectivity index (χ2v) is 8.40. The maximum Gasteiger partial charge on any atom is 0.0894 e. The molecule has 4 aliphatic heterocycles. The molecular formula is C22H22ClN3. The summed E-state index contributed by atoms with van der Waals surface area (Å²) in [5.41, 5.74) is 5.81. The molecule has 4 heteroatoms. The van der Waals surface area contributed by atoms with Crippen molar-refractivity contribution < 1.29 is 0 Å². The van der Waals surface area contributed by atoms with Crippen LogP contribution in [0.15, 0.2) is 48.5 Å². The molecule has 5 heterocycles. The monoisotopic (exact) mass is 363 g/mol. The van der Waals surface area contributed by atoms with Crippen LogP contribution in [0, 0.1) is 0 Å². The first-order valence-electron chi connectivity index (χ1n) is 9.63. The number of nitrogens with one attached hydrogen (secondary N) is 1. The summed E-state index contributed by atoms with van der Waals surface area (Å²) >= 11 is 6.33. The average molecular weight is 364 g/mol. The Morgan fingerprint density at radius 3 is 2.69 bits per heavy atom. The molecule has 0 radical (unpaired) electrons. The molecule has 4 aliphatic rings. The van der Waals surface area contributed by atoms with Gasteiger partial charge in [0.15, 0.2) is 0 Å². The van der Waals surface area contributed by atoms with E-state index in [1.165, 1.54) is 35.0 Å². The molecule has 2 aromatic carbocycles. The Kier molecular flexibility index (Phi) is 3.14. The maximum absolute atomic E-state index is 6.33. The summed E-state index contributed by atoms with van der Waals surface area (Å²) in [6.07, 6.45) is 3.88. The number of hydrogen-bond acceptors (Lipinski definition) is 2. The van der Waals surface area contributed by atoms with Gasteiger partial charge in [0.25, 0.3) is 0 Å². The predicted molar refractivity (Wildman–Crippen MR) is 105 cm³/mol. The molecule has 132 valence electrons. The molecule has 1 N–H and O–H groups in total. The van der Waals surface area contributed by atoms with Crippen molar-refractivity contribution in [2.75, 3.05) is 19.6 Å². The lowest BCUT2D eigenvalue weighted by atomic mass is 9.73. The molecule has 0 aliphatic carbocycles. The lowest BCUT2D eigenvalue weighted by molar-refractivity contribution is -0.149. The van der Waals surface area contributed by atoms with Gasteiger partial charge in [-0.25, -0.2) is 0 Å². The van der Waals surface area contributed by atoms with E-state index >= 15 is 0 Å². The topological polar surface area (TPSA) is 22.3 Å². The molecule has 3 nitrogen and oxygen atoms in total. The van der Waals surface area contributed by atoms with Crippen molar-refractivity contribution >= 4 is 22.5 Å². The molecule has 0 saturated carbocycles. The normalized spacial score (nSPS) is 30.3. The molecule has 3 fully saturated rings. The van der Waals surface area contributed by atoms with Gasteiger partial charge in [-0.3, -0.25) is 9.80 Å². The standard InChI is InChI=1S/C22H22ClN3/c23-16-5-3-4-15(14-16)21-25-12-9-22(10-13-25)20-18(8-11-26(21)22)17-6-1-2-7-19(17)24-20/h1-7,14,21,24H,8-13H2. The fraction of sp³-hybridized carbons (Fsp3) is 0.364. The highest BCUT2D eigenvalue weighted by molar-refractivity contribution is 6.30. The van der Waals surface area contributed by atoms with Gasteiger partial charge in [-0.1, -0.05) is 41.9 Å². The molecule has 1 unspecified atom stereocenters. The van der Waals surface area contributed by atoms with Gasteiger partial charge in [0.1, 0.15) is 0 Å². The Balaban J connectivity index is 1.53. The summed E-state index contributed by atoms with van der Waals surface area (Å²) in [7, 11) is 0. The molecule has 3 aromatic rings. The van der Waals surface area contributed by atoms with Crippen LogP contribution in [0.25, 0.3) is 10.9 Å². The van der Waals surface area contributed by atoms with Gasteiger partial charge in [-0.05, 0) is 48.6 Å². The molecule has 1 spiro atoms. The number of fused-ring (bicyclic) bond motifs is 5. The number of benzene rings is 2. The number of piperidine rings is 1. The van der Waals surface area contributed by atoms with Gasteiger partial charge in [0.2, 0.25) is 0 Å². The summed E-state index contributed by atoms with van der Waals surface area (Å²) in [4.78, 5) is 9.22. The molecule has 1 aromatic heterocycles. The minimum absolute atomic E-state index is 0.147. The number of nitrogens with zero attached hydrogens (tertiary/aromatic N) is 2. The van der Waals surface area contributed by atoms with Crippen molar-refractivity contribution in [3.8, 4) is 0 Å². The fourth-order valence-electron chi connectivity index (χ4n) is 5.73. The van der Waals surface area contributed by atoms with Crippen LogP contribution in [0.1, 0.15) is 35.8 Å². The van der Waals surface area contributed by atoms with Crippen LogP contribution in [-0.2, 0) is 12.0 Å². The summed E-state index contributed by atoms with van der Waals surface area (Å²) < 4.78 is 0. The van der Waals surface area contributed by atoms with Gasteiger partial charge < -0.3 is 4.98 Å². The second-order valence-electron chi connectivity index (χ2n) is 7.96. The van der Waals surface area contributed by atoms with Gasteiger partial charge in [0.05, 0.1) is 11.7 Å². The smallest absolute Gasteiger partial charge is 0.0894 e. The van der Waals surface area contributed by atoms with Crippen molar-refractivity contribution in [3.05, 3.63) is 70.4 Å². The van der Waals surface area contributed by atoms with E-state index in [9.17, 15) is 0 Å². The summed E-state index contributed by atoms with van der Waals surface area (Å²) in [5, 5.41) is 2.26. The van der Waals surface area contributed by atoms with E-state index in [0.29, 0.717) is 6.17 Å². The van der Waals surface area contributed by atoms with E-state index in [1.807, 2.05) is 6.07 Å². The highest BCUT2D eigenvalue weighted by Crippen LogP contribution is 2.54. The van der Waals surface area contributed by atoms with Crippen molar-refractivity contribution in [2.24, 2.45) is 0 Å². The highest BCUT2D eigenvalue weighted by Gasteiger charge is 2.55. The highest BCUT2D eigenvalue weighted by atomic mass is 35.5. The van der Waals surface area contributed by atoms with Crippen molar-refractivity contribution in [1.82, 2.24) is 14.8 Å². The molecule has 1 atom stereocenters. The summed E-state index contributed by atoms with van der Waals surface area (Å²) in [5.74, 6) is 0. The minimum atomic E-state index is 0.147. The number of rotatable bonds is 1. The molecule has 7 rings (SSSR count). The van der Waals surface area contributed by atoms with E-state index in [1.54, 1.807) is 5.56 Å². The second kappa shape index (κ2) is 5.35. The quantitative estimate of drug-likeness (QED) is 0.678. The van der Waals surface area contributed by atoms with E-state index in [2.05, 4.69) is 57.2 Å². The molecule has 3 saturated heterocycles. The molecule has 26 heavy (non-hydrogen) atoms. The summed E-state index contributed by atoms with van der Waals surface area (Å²) in [6.45, 7) is 3.42. The molecule has 0 amide bonds. The third-order valence-electron chi connectivity index (χ3n) is 6.84. The fourth-order valence-corrected chi connectivity index (χ4v) is 5.93. The molecule has 2 bridgehead atoms. The van der Waals surface area contributed by atoms with Crippen LogP contribution in [-0.4, -0.2) is 34.4 Å². The Hall–Kier alpha value is -1.81. The Bertz CT molecular complexity index is 1000. The first-order chi connectivity index (χ1) is 12.8. The van der Waals surface area contributed by atoms with Gasteiger partial charge in [-0.15, -0.1) is 0 Å². The molecular weight excluding hydrogens is 342 g/mol. The van der Waals surface area contributed by atoms with Crippen LogP contribution >= 0.6 is 11.6 Å². The third kappa shape index (κ3) is 1.91. The zero-order valence-electron chi connectivity index (χ0n) is 14.7. The minimum Gasteiger partial charge on any atom is -0.357 e. The van der Waals surface area contributed by atoms with Crippen LogP contribution in [0.3, 0.4) is 0 Å². The number of para-hydroxylation sites is 1. The van der Waals surface area contributed by atoms with Gasteiger partial charge in [-0.2, -0.15) is 0 Å². The van der Waals surface area contributed by atoms with Crippen LogP contribution < -0.4 is 0 Å². The van der Waals surface area contributed by atoms with E-state index < -0.39 is 0 Å². The first-order valence-corrected chi connectivity index (χ1v) is 10.0. The zero-order valence-corrected chi connectivity index (χ0v) is 15.5. The summed E-state index contributed by atoms with van der Waals surface area (Å²) in [6, 6.07) is 17.3. The lowest BCUT2D eigenvalue weighted by Crippen LogP contribution is -2.66. The van der Waals surface area contributed by atoms with Gasteiger partial charge in [0, 0.05) is 41.3 Å². The average Bonchev–Trinajstić information content (AvgIpc) is 3.07. The van der Waals surface area contributed by atoms with Crippen LogP contribution in [0.2, 0.25) is 5.02 Å². The van der Waals surface area contributed by atoms with Crippen molar-refractivity contribution in [2.45, 2.75) is 31.0 Å². The zero-order chi connectivity index (χ0) is 17.3. The Morgan fingerprint density at radius 1 is 1.00 bits per heavy atom. The van der Waals surface area contributed by atoms with Crippen LogP contribution in [0.4, 0.5) is 0 Å². The van der Waals surface area contributed by atoms with Gasteiger partial charge >= 0.3 is 0 Å². The number of aromatic amines is 1. The Labute approximate surface area is 158 Å². The number of halogens is 1. The van der Waals surface area contributed by atoms with Crippen molar-refractivity contribution in [3.63, 3.8) is 0 Å². The SMILES string of the molecule is Clc1cccc(C2N3CCC4(CC3)c3[nH]c5ccccc5c3CCN24)c1. The third-order valence-corrected chi connectivity index (χ3v) is 7.08. The largest absolute Gasteiger partial charge is 0.357 e. The number of H-pyrrole nitrogens is 1. The Morgan fingerprint density at radius 2 is 1.85 bits per heavy atom. The van der Waals surface area contributed by atoms with Crippen molar-refractivity contribution in [1.29, 1.82) is 0 Å². The number of hydrogen-bond donors (Lipinski definition) is 1. The van der Waals surface area contributed by atoms with E-state index in [4.69, 9.17) is 11.6 Å². The van der Waals surface area contributed by atoms with E-state index in [0.717, 1.165) is 31.1 Å². The predicted octanol–water partition coefficient (Wildman–Crippen LogP) is 4.68. The number of aromatic nitrogens is 1. The maximum atomic E-state index is 6.33. The van der Waals surface area contributed by atoms with Crippen LogP contribution in [0.5, 0.6) is 0 Å². The van der Waals surface area contributed by atoms with E-state index in [-0.39, 0.29) is 5.54 Å². The lowest BCUT2D eigenvalue weighted by Gasteiger charge is -2.62.